The second-order valence-corrected chi connectivity index (χ2v) is 7.84. The summed E-state index contributed by atoms with van der Waals surface area (Å²) in [5.41, 5.74) is 2.51. The largest absolute Gasteiger partial charge is 0.356 e. The summed E-state index contributed by atoms with van der Waals surface area (Å²) in [6.07, 6.45) is 0.238. The summed E-state index contributed by atoms with van der Waals surface area (Å²) in [4.78, 5) is 45.0. The van der Waals surface area contributed by atoms with Crippen molar-refractivity contribution in [1.29, 1.82) is 0 Å². The van der Waals surface area contributed by atoms with E-state index in [4.69, 9.17) is 0 Å². The van der Waals surface area contributed by atoms with Gasteiger partial charge < -0.3 is 25.2 Å². The van der Waals surface area contributed by atoms with E-state index in [9.17, 15) is 19.5 Å². The zero-order chi connectivity index (χ0) is 23.7. The van der Waals surface area contributed by atoms with Crippen molar-refractivity contribution >= 4 is 34.9 Å². The van der Waals surface area contributed by atoms with Crippen molar-refractivity contribution in [1.82, 2.24) is 14.5 Å². The van der Waals surface area contributed by atoms with Crippen LogP contribution in [0.5, 0.6) is 0 Å². The van der Waals surface area contributed by atoms with Gasteiger partial charge in [0.05, 0.1) is 17.6 Å². The van der Waals surface area contributed by atoms with Crippen LogP contribution in [0.3, 0.4) is 0 Å². The minimum atomic E-state index is -1.14. The van der Waals surface area contributed by atoms with Crippen molar-refractivity contribution in [3.05, 3.63) is 71.7 Å². The van der Waals surface area contributed by atoms with Gasteiger partial charge in [0, 0.05) is 19.8 Å². The van der Waals surface area contributed by atoms with E-state index in [0.717, 1.165) is 10.5 Å². The average molecular weight is 448 g/mol. The lowest BCUT2D eigenvalue weighted by molar-refractivity contribution is -0.116. The number of aliphatic hydroxyl groups is 1. The van der Waals surface area contributed by atoms with Crippen LogP contribution < -0.4 is 15.5 Å². The number of rotatable bonds is 5. The molecule has 3 N–H and O–H groups in total. The molecule has 0 aliphatic carbocycles. The van der Waals surface area contributed by atoms with Gasteiger partial charge in [0.25, 0.3) is 11.8 Å². The number of amides is 3. The fourth-order valence-corrected chi connectivity index (χ4v) is 3.67. The second kappa shape index (κ2) is 8.75. The van der Waals surface area contributed by atoms with Crippen LogP contribution in [0.15, 0.2) is 54.9 Å². The van der Waals surface area contributed by atoms with Gasteiger partial charge in [-0.25, -0.2) is 4.98 Å². The van der Waals surface area contributed by atoms with Crippen LogP contribution in [0.4, 0.5) is 17.2 Å². The smallest absolute Gasteiger partial charge is 0.277 e. The minimum absolute atomic E-state index is 0.195. The van der Waals surface area contributed by atoms with Gasteiger partial charge in [-0.1, -0.05) is 24.3 Å². The zero-order valence-corrected chi connectivity index (χ0v) is 18.4. The third kappa shape index (κ3) is 4.28. The number of hydrogen-bond donors (Lipinski definition) is 3. The first-order valence-electron chi connectivity index (χ1n) is 10.3. The number of fused-ring (bicyclic) bond motifs is 1. The van der Waals surface area contributed by atoms with Gasteiger partial charge >= 0.3 is 0 Å². The van der Waals surface area contributed by atoms with E-state index in [1.165, 1.54) is 22.8 Å². The summed E-state index contributed by atoms with van der Waals surface area (Å²) in [6.45, 7) is 1.74. The van der Waals surface area contributed by atoms with Crippen LogP contribution in [-0.4, -0.2) is 57.7 Å². The first-order chi connectivity index (χ1) is 15.8. The first-order valence-corrected chi connectivity index (χ1v) is 10.3. The lowest BCUT2D eigenvalue weighted by Gasteiger charge is -2.36. The van der Waals surface area contributed by atoms with Crippen LogP contribution in [0, 0.1) is 6.92 Å². The number of aliphatic hydroxyl groups excluding tert-OH is 1. The number of nitrogens with one attached hydrogen (secondary N) is 2. The number of nitrogens with zero attached hydrogens (tertiary/aromatic N) is 4. The minimum Gasteiger partial charge on any atom is -0.356 e. The Morgan fingerprint density at radius 1 is 1.06 bits per heavy atom. The predicted octanol–water partition coefficient (Wildman–Crippen LogP) is 1.88. The summed E-state index contributed by atoms with van der Waals surface area (Å²) in [5.74, 6) is -0.950. The highest BCUT2D eigenvalue weighted by Crippen LogP contribution is 2.27. The molecule has 2 aromatic carbocycles. The van der Waals surface area contributed by atoms with Gasteiger partial charge in [-0.2, -0.15) is 0 Å². The van der Waals surface area contributed by atoms with Gasteiger partial charge in [-0.05, 0) is 36.8 Å². The number of aromatic nitrogens is 2. The highest BCUT2D eigenvalue weighted by molar-refractivity contribution is 6.10. The van der Waals surface area contributed by atoms with Crippen LogP contribution in [0.1, 0.15) is 26.4 Å². The monoisotopic (exact) mass is 448 g/mol. The SMILES string of the molecule is Cc1cccc(NC(=O)c2ccccc2NC(=O)Cn2cnc3c2C(=O)N(C)C(O)N3C)c1. The molecule has 0 radical (unpaired) electrons. The Bertz CT molecular complexity index is 1240. The van der Waals surface area contributed by atoms with Gasteiger partial charge in [-0.15, -0.1) is 0 Å². The van der Waals surface area contributed by atoms with Crippen molar-refractivity contribution in [2.45, 2.75) is 19.8 Å². The predicted molar refractivity (Wildman–Crippen MR) is 123 cm³/mol. The molecule has 33 heavy (non-hydrogen) atoms. The van der Waals surface area contributed by atoms with Crippen molar-refractivity contribution in [3.63, 3.8) is 0 Å². The molecule has 0 spiro atoms. The molecular formula is C23H24N6O4. The molecule has 1 aliphatic rings. The molecule has 0 fully saturated rings. The summed E-state index contributed by atoms with van der Waals surface area (Å²) in [6, 6.07) is 14.1. The lowest BCUT2D eigenvalue weighted by Crippen LogP contribution is -2.52. The Kier molecular flexibility index (Phi) is 5.84. The fourth-order valence-electron chi connectivity index (χ4n) is 3.67. The number of imidazole rings is 1. The van der Waals surface area contributed by atoms with Crippen LogP contribution in [-0.2, 0) is 11.3 Å². The Labute approximate surface area is 190 Å². The second-order valence-electron chi connectivity index (χ2n) is 7.84. The summed E-state index contributed by atoms with van der Waals surface area (Å²) >= 11 is 0. The van der Waals surface area contributed by atoms with E-state index in [2.05, 4.69) is 15.6 Å². The zero-order valence-electron chi connectivity index (χ0n) is 18.4. The Morgan fingerprint density at radius 3 is 2.58 bits per heavy atom. The number of carbonyl (C=O) groups is 3. The molecule has 0 saturated heterocycles. The standard InChI is InChI=1S/C23H24N6O4/c1-14-7-6-8-15(11-14)25-21(31)16-9-4-5-10-17(16)26-18(30)12-29-13-24-20-19(29)22(32)28(3)23(33)27(20)2/h4-11,13,23,33H,12H2,1-3H3,(H,25,31)(H,26,30). The molecule has 3 amide bonds. The van der Waals surface area contributed by atoms with E-state index in [1.54, 1.807) is 37.4 Å². The number of para-hydroxylation sites is 1. The maximum Gasteiger partial charge on any atom is 0.277 e. The molecule has 1 unspecified atom stereocenters. The lowest BCUT2D eigenvalue weighted by atomic mass is 10.1. The molecule has 0 saturated carbocycles. The van der Waals surface area contributed by atoms with E-state index in [-0.39, 0.29) is 24.0 Å². The molecule has 3 aromatic rings. The van der Waals surface area contributed by atoms with Gasteiger partial charge in [0.15, 0.2) is 11.5 Å². The molecule has 0 bridgehead atoms. The molecule has 2 heterocycles. The Morgan fingerprint density at radius 2 is 1.82 bits per heavy atom. The fraction of sp³-hybridized carbons (Fsp3) is 0.217. The number of benzene rings is 2. The molecule has 10 nitrogen and oxygen atoms in total. The summed E-state index contributed by atoms with van der Waals surface area (Å²) < 4.78 is 1.42. The third-order valence-corrected chi connectivity index (χ3v) is 5.40. The third-order valence-electron chi connectivity index (χ3n) is 5.40. The molecule has 1 aromatic heterocycles. The quantitative estimate of drug-likeness (QED) is 0.548. The molecule has 170 valence electrons. The maximum atomic E-state index is 12.8. The molecule has 1 aliphatic heterocycles. The van der Waals surface area contributed by atoms with E-state index in [1.807, 2.05) is 25.1 Å². The van der Waals surface area contributed by atoms with E-state index in [0.29, 0.717) is 16.9 Å². The molecule has 4 rings (SSSR count). The van der Waals surface area contributed by atoms with Gasteiger partial charge in [0.2, 0.25) is 12.3 Å². The van der Waals surface area contributed by atoms with E-state index < -0.39 is 18.2 Å². The summed E-state index contributed by atoms with van der Waals surface area (Å²) in [7, 11) is 3.07. The molecular weight excluding hydrogens is 424 g/mol. The van der Waals surface area contributed by atoms with Crippen molar-refractivity contribution in [2.24, 2.45) is 0 Å². The van der Waals surface area contributed by atoms with Crippen LogP contribution >= 0.6 is 0 Å². The maximum absolute atomic E-state index is 12.8. The topological polar surface area (TPSA) is 120 Å². The van der Waals surface area contributed by atoms with Crippen LogP contribution in [0.25, 0.3) is 0 Å². The number of carbonyl (C=O) groups excluding carboxylic acids is 3. The Balaban J connectivity index is 1.51. The highest BCUT2D eigenvalue weighted by atomic mass is 16.3. The number of hydrogen-bond acceptors (Lipinski definition) is 6. The van der Waals surface area contributed by atoms with Crippen LogP contribution in [0.2, 0.25) is 0 Å². The van der Waals surface area contributed by atoms with E-state index >= 15 is 0 Å². The first kappa shape index (κ1) is 22.0. The molecule has 10 heteroatoms. The normalized spacial score (nSPS) is 15.3. The average Bonchev–Trinajstić information content (AvgIpc) is 3.20. The Hall–Kier alpha value is -4.18. The van der Waals surface area contributed by atoms with Gasteiger partial charge in [0.1, 0.15) is 6.54 Å². The summed E-state index contributed by atoms with van der Waals surface area (Å²) in [5, 5.41) is 15.7. The van der Waals surface area contributed by atoms with Crippen molar-refractivity contribution in [2.75, 3.05) is 29.6 Å². The molecule has 1 atom stereocenters. The highest BCUT2D eigenvalue weighted by Gasteiger charge is 2.36. The number of aryl methyl sites for hydroxylation is 1. The number of anilines is 3. The van der Waals surface area contributed by atoms with Gasteiger partial charge in [-0.3, -0.25) is 19.3 Å². The van der Waals surface area contributed by atoms with Crippen molar-refractivity contribution in [3.8, 4) is 0 Å². The van der Waals surface area contributed by atoms with Crippen molar-refractivity contribution < 1.29 is 19.5 Å².